The van der Waals surface area contributed by atoms with Gasteiger partial charge in [-0.25, -0.2) is 4.39 Å². The monoisotopic (exact) mass is 335 g/mol. The Balaban J connectivity index is 1.89. The lowest BCUT2D eigenvalue weighted by molar-refractivity contribution is 0.0744. The number of nitrogens with zero attached hydrogens (tertiary/aromatic N) is 2. The molecule has 0 saturated carbocycles. The highest BCUT2D eigenvalue weighted by Gasteiger charge is 2.41. The van der Waals surface area contributed by atoms with Crippen LogP contribution in [0.25, 0.3) is 11.3 Å². The third-order valence-electron chi connectivity index (χ3n) is 4.56. The van der Waals surface area contributed by atoms with Crippen molar-refractivity contribution in [3.63, 3.8) is 0 Å². The van der Waals surface area contributed by atoms with Crippen LogP contribution in [0.3, 0.4) is 0 Å². The standard InChI is InChI=1S/C20H18FN3O/c1-2-12-24-19(14-8-10-15(21)11-9-14)16-17(13-6-4-3-5-7-13)22-23-18(16)20(24)25/h3-11,19H,2,12H2,1H3,(H,22,23). The van der Waals surface area contributed by atoms with Gasteiger partial charge < -0.3 is 4.90 Å². The molecular weight excluding hydrogens is 317 g/mol. The average molecular weight is 335 g/mol. The molecule has 1 aliphatic heterocycles. The summed E-state index contributed by atoms with van der Waals surface area (Å²) >= 11 is 0. The molecule has 1 atom stereocenters. The molecule has 4 nitrogen and oxygen atoms in total. The molecule has 2 heterocycles. The Morgan fingerprint density at radius 3 is 2.52 bits per heavy atom. The van der Waals surface area contributed by atoms with Gasteiger partial charge in [-0.3, -0.25) is 9.89 Å². The highest BCUT2D eigenvalue weighted by atomic mass is 19.1. The van der Waals surface area contributed by atoms with Gasteiger partial charge in [0.05, 0.1) is 11.7 Å². The number of carbonyl (C=O) groups is 1. The lowest BCUT2D eigenvalue weighted by Crippen LogP contribution is -2.30. The average Bonchev–Trinajstić information content (AvgIpc) is 3.17. The van der Waals surface area contributed by atoms with Gasteiger partial charge in [0.25, 0.3) is 5.91 Å². The van der Waals surface area contributed by atoms with Crippen molar-refractivity contribution in [3.05, 3.63) is 77.2 Å². The number of halogens is 1. The van der Waals surface area contributed by atoms with Crippen molar-refractivity contribution >= 4 is 5.91 Å². The van der Waals surface area contributed by atoms with E-state index in [4.69, 9.17) is 0 Å². The zero-order valence-corrected chi connectivity index (χ0v) is 13.9. The molecule has 1 aliphatic rings. The Hall–Kier alpha value is -2.95. The minimum Gasteiger partial charge on any atom is -0.326 e. The molecule has 1 amide bonds. The first-order valence-electron chi connectivity index (χ1n) is 8.40. The Morgan fingerprint density at radius 1 is 1.12 bits per heavy atom. The fourth-order valence-corrected chi connectivity index (χ4v) is 3.48. The third kappa shape index (κ3) is 2.52. The topological polar surface area (TPSA) is 49.0 Å². The lowest BCUT2D eigenvalue weighted by atomic mass is 9.96. The van der Waals surface area contributed by atoms with Crippen molar-refractivity contribution in [1.82, 2.24) is 15.1 Å². The Kier molecular flexibility index (Phi) is 3.84. The van der Waals surface area contributed by atoms with Gasteiger partial charge in [0, 0.05) is 17.7 Å². The Morgan fingerprint density at radius 2 is 1.84 bits per heavy atom. The largest absolute Gasteiger partial charge is 0.326 e. The van der Waals surface area contributed by atoms with E-state index in [0.29, 0.717) is 12.2 Å². The first-order chi connectivity index (χ1) is 12.2. The first-order valence-corrected chi connectivity index (χ1v) is 8.40. The minimum atomic E-state index is -0.286. The number of carbonyl (C=O) groups excluding carboxylic acids is 1. The van der Waals surface area contributed by atoms with Crippen LogP contribution in [0.1, 0.15) is 41.0 Å². The number of rotatable bonds is 4. The van der Waals surface area contributed by atoms with Crippen LogP contribution < -0.4 is 0 Å². The molecule has 3 aromatic rings. The van der Waals surface area contributed by atoms with Gasteiger partial charge in [-0.05, 0) is 24.1 Å². The highest BCUT2D eigenvalue weighted by Crippen LogP contribution is 2.42. The number of hydrogen-bond acceptors (Lipinski definition) is 2. The van der Waals surface area contributed by atoms with E-state index in [1.165, 1.54) is 12.1 Å². The summed E-state index contributed by atoms with van der Waals surface area (Å²) in [5.74, 6) is -0.341. The highest BCUT2D eigenvalue weighted by molar-refractivity contribution is 6.00. The summed E-state index contributed by atoms with van der Waals surface area (Å²) in [5, 5.41) is 7.32. The van der Waals surface area contributed by atoms with Crippen molar-refractivity contribution in [2.45, 2.75) is 19.4 Å². The number of aromatic amines is 1. The molecule has 0 radical (unpaired) electrons. The van der Waals surface area contributed by atoms with Crippen LogP contribution in [0.4, 0.5) is 4.39 Å². The molecule has 1 N–H and O–H groups in total. The molecule has 5 heteroatoms. The van der Waals surface area contributed by atoms with Crippen LogP contribution in [0.15, 0.2) is 54.6 Å². The molecule has 0 fully saturated rings. The number of benzene rings is 2. The van der Waals surface area contributed by atoms with Gasteiger partial charge >= 0.3 is 0 Å². The summed E-state index contributed by atoms with van der Waals surface area (Å²) in [5.41, 5.74) is 4.02. The molecule has 0 bridgehead atoms. The second kappa shape index (κ2) is 6.16. The number of hydrogen-bond donors (Lipinski definition) is 1. The smallest absolute Gasteiger partial charge is 0.273 e. The third-order valence-corrected chi connectivity index (χ3v) is 4.56. The number of fused-ring (bicyclic) bond motifs is 1. The van der Waals surface area contributed by atoms with Gasteiger partial charge in [0.1, 0.15) is 11.5 Å². The van der Waals surface area contributed by atoms with Crippen molar-refractivity contribution in [2.75, 3.05) is 6.54 Å². The molecule has 2 aromatic carbocycles. The van der Waals surface area contributed by atoms with Crippen molar-refractivity contribution in [1.29, 1.82) is 0 Å². The predicted octanol–water partition coefficient (Wildman–Crippen LogP) is 4.17. The maximum Gasteiger partial charge on any atom is 0.273 e. The van der Waals surface area contributed by atoms with E-state index in [9.17, 15) is 9.18 Å². The maximum atomic E-state index is 13.4. The van der Waals surface area contributed by atoms with Crippen LogP contribution in [-0.2, 0) is 0 Å². The number of H-pyrrole nitrogens is 1. The number of aromatic nitrogens is 2. The fourth-order valence-electron chi connectivity index (χ4n) is 3.48. The number of nitrogens with one attached hydrogen (secondary N) is 1. The van der Waals surface area contributed by atoms with Crippen LogP contribution in [0, 0.1) is 5.82 Å². The van der Waals surface area contributed by atoms with Crippen LogP contribution in [-0.4, -0.2) is 27.5 Å². The Labute approximate surface area is 145 Å². The summed E-state index contributed by atoms with van der Waals surface area (Å²) < 4.78 is 13.4. The summed E-state index contributed by atoms with van der Waals surface area (Å²) in [6.07, 6.45) is 0.849. The van der Waals surface area contributed by atoms with Gasteiger partial charge in [-0.1, -0.05) is 49.4 Å². The zero-order valence-electron chi connectivity index (χ0n) is 13.9. The lowest BCUT2D eigenvalue weighted by Gasteiger charge is -2.26. The normalized spacial score (nSPS) is 16.3. The van der Waals surface area contributed by atoms with Crippen LogP contribution >= 0.6 is 0 Å². The quantitative estimate of drug-likeness (QED) is 0.778. The maximum absolute atomic E-state index is 13.4. The minimum absolute atomic E-state index is 0.0548. The van der Waals surface area contributed by atoms with E-state index in [-0.39, 0.29) is 17.8 Å². The zero-order chi connectivity index (χ0) is 17.4. The van der Waals surface area contributed by atoms with E-state index < -0.39 is 0 Å². The van der Waals surface area contributed by atoms with E-state index in [1.54, 1.807) is 12.1 Å². The summed E-state index contributed by atoms with van der Waals surface area (Å²) in [7, 11) is 0. The van der Waals surface area contributed by atoms with Crippen LogP contribution in [0.2, 0.25) is 0 Å². The van der Waals surface area contributed by atoms with Gasteiger partial charge in [-0.2, -0.15) is 5.10 Å². The molecular formula is C20H18FN3O. The van der Waals surface area contributed by atoms with E-state index in [1.807, 2.05) is 42.2 Å². The summed E-state index contributed by atoms with van der Waals surface area (Å²) in [6, 6.07) is 15.9. The molecule has 0 saturated heterocycles. The van der Waals surface area contributed by atoms with E-state index in [0.717, 1.165) is 28.8 Å². The summed E-state index contributed by atoms with van der Waals surface area (Å²) in [4.78, 5) is 14.7. The molecule has 25 heavy (non-hydrogen) atoms. The molecule has 1 aromatic heterocycles. The number of amides is 1. The van der Waals surface area contributed by atoms with Gasteiger partial charge in [-0.15, -0.1) is 0 Å². The molecule has 0 aliphatic carbocycles. The van der Waals surface area contributed by atoms with Gasteiger partial charge in [0.15, 0.2) is 0 Å². The Bertz CT molecular complexity index is 902. The molecule has 4 rings (SSSR count). The first kappa shape index (κ1) is 15.6. The van der Waals surface area contributed by atoms with E-state index in [2.05, 4.69) is 10.2 Å². The van der Waals surface area contributed by atoms with Crippen molar-refractivity contribution in [3.8, 4) is 11.3 Å². The second-order valence-electron chi connectivity index (χ2n) is 6.18. The van der Waals surface area contributed by atoms with Crippen molar-refractivity contribution < 1.29 is 9.18 Å². The predicted molar refractivity (Wildman–Crippen MR) is 93.6 cm³/mol. The fraction of sp³-hybridized carbons (Fsp3) is 0.200. The van der Waals surface area contributed by atoms with E-state index >= 15 is 0 Å². The SMILES string of the molecule is CCCN1C(=O)c2[nH]nc(-c3ccccc3)c2C1c1ccc(F)cc1. The van der Waals surface area contributed by atoms with Crippen molar-refractivity contribution in [2.24, 2.45) is 0 Å². The second-order valence-corrected chi connectivity index (χ2v) is 6.18. The van der Waals surface area contributed by atoms with Gasteiger partial charge in [0.2, 0.25) is 0 Å². The molecule has 0 spiro atoms. The van der Waals surface area contributed by atoms with Crippen LogP contribution in [0.5, 0.6) is 0 Å². The molecule has 1 unspecified atom stereocenters. The summed E-state index contributed by atoms with van der Waals surface area (Å²) in [6.45, 7) is 2.68. The molecule has 126 valence electrons.